The van der Waals surface area contributed by atoms with E-state index in [-0.39, 0.29) is 6.54 Å². The zero-order chi connectivity index (χ0) is 16.6. The summed E-state index contributed by atoms with van der Waals surface area (Å²) in [7, 11) is -3.54. The Hall–Kier alpha value is -2.18. The molecule has 1 heterocycles. The highest BCUT2D eigenvalue weighted by Gasteiger charge is 2.18. The van der Waals surface area contributed by atoms with Crippen LogP contribution in [0.1, 0.15) is 29.8 Å². The third kappa shape index (κ3) is 2.95. The topological polar surface area (TPSA) is 74.8 Å². The van der Waals surface area contributed by atoms with Crippen LogP contribution in [0.25, 0.3) is 11.0 Å². The molecule has 0 amide bonds. The number of aryl methyl sites for hydroxylation is 2. The number of hydrogen-bond donors (Lipinski definition) is 2. The van der Waals surface area contributed by atoms with Gasteiger partial charge in [-0.3, -0.25) is 0 Å². The van der Waals surface area contributed by atoms with Crippen LogP contribution in [0.15, 0.2) is 47.4 Å². The highest BCUT2D eigenvalue weighted by Crippen LogP contribution is 2.24. The summed E-state index contributed by atoms with van der Waals surface area (Å²) in [6, 6.07) is 13.1. The Kier molecular flexibility index (Phi) is 3.86. The number of aromatic nitrogens is 2. The standard InChI is InChI=1S/C18H19N3O2S/c22-24(23,15-10-9-13-5-1-2-6-14(13)11-15)19-12-18-20-16-7-3-4-8-17(16)21-18/h3-4,7-11,19H,1-2,5-6,12H2,(H,20,21). The van der Waals surface area contributed by atoms with E-state index in [1.165, 1.54) is 12.0 Å². The summed E-state index contributed by atoms with van der Waals surface area (Å²) in [5.41, 5.74) is 4.17. The molecule has 1 aromatic heterocycles. The fourth-order valence-corrected chi connectivity index (χ4v) is 4.25. The lowest BCUT2D eigenvalue weighted by molar-refractivity contribution is 0.579. The molecule has 3 aromatic rings. The zero-order valence-electron chi connectivity index (χ0n) is 13.2. The van der Waals surface area contributed by atoms with E-state index in [0.717, 1.165) is 35.9 Å². The van der Waals surface area contributed by atoms with E-state index in [0.29, 0.717) is 10.7 Å². The lowest BCUT2D eigenvalue weighted by Crippen LogP contribution is -2.24. The maximum Gasteiger partial charge on any atom is 0.240 e. The SMILES string of the molecule is O=S(=O)(NCc1nc2ccccc2[nH]1)c1ccc2c(c1)CCCC2. The van der Waals surface area contributed by atoms with Gasteiger partial charge in [-0.2, -0.15) is 0 Å². The number of hydrogen-bond acceptors (Lipinski definition) is 3. The van der Waals surface area contributed by atoms with E-state index in [4.69, 9.17) is 0 Å². The molecule has 0 unspecified atom stereocenters. The average molecular weight is 341 g/mol. The van der Waals surface area contributed by atoms with E-state index in [2.05, 4.69) is 14.7 Å². The van der Waals surface area contributed by atoms with Crippen molar-refractivity contribution >= 4 is 21.1 Å². The molecule has 0 saturated heterocycles. The van der Waals surface area contributed by atoms with Gasteiger partial charge < -0.3 is 4.98 Å². The van der Waals surface area contributed by atoms with Gasteiger partial charge in [0.05, 0.1) is 22.5 Å². The molecule has 1 aliphatic rings. The van der Waals surface area contributed by atoms with Crippen molar-refractivity contribution in [3.05, 3.63) is 59.4 Å². The van der Waals surface area contributed by atoms with Crippen LogP contribution in [-0.4, -0.2) is 18.4 Å². The average Bonchev–Trinajstić information content (AvgIpc) is 3.03. The molecule has 24 heavy (non-hydrogen) atoms. The number of nitrogens with zero attached hydrogens (tertiary/aromatic N) is 1. The van der Waals surface area contributed by atoms with Gasteiger partial charge in [-0.1, -0.05) is 18.2 Å². The number of nitrogens with one attached hydrogen (secondary N) is 2. The number of fused-ring (bicyclic) bond motifs is 2. The second-order valence-corrected chi connectivity index (χ2v) is 7.93. The van der Waals surface area contributed by atoms with Gasteiger partial charge >= 0.3 is 0 Å². The molecule has 4 rings (SSSR count). The van der Waals surface area contributed by atoms with E-state index in [1.54, 1.807) is 6.07 Å². The lowest BCUT2D eigenvalue weighted by atomic mass is 9.92. The first-order valence-electron chi connectivity index (χ1n) is 8.17. The molecule has 1 aliphatic carbocycles. The van der Waals surface area contributed by atoms with Crippen LogP contribution in [0.5, 0.6) is 0 Å². The normalized spacial score (nSPS) is 14.7. The first kappa shape index (κ1) is 15.4. The summed E-state index contributed by atoms with van der Waals surface area (Å²) in [4.78, 5) is 7.86. The Balaban J connectivity index is 1.54. The lowest BCUT2D eigenvalue weighted by Gasteiger charge is -2.16. The molecule has 2 N–H and O–H groups in total. The summed E-state index contributed by atoms with van der Waals surface area (Å²) >= 11 is 0. The van der Waals surface area contributed by atoms with Gasteiger partial charge in [-0.15, -0.1) is 0 Å². The Morgan fingerprint density at radius 2 is 1.83 bits per heavy atom. The van der Waals surface area contributed by atoms with E-state index < -0.39 is 10.0 Å². The Bertz CT molecular complexity index is 959. The van der Waals surface area contributed by atoms with Crippen molar-refractivity contribution in [3.63, 3.8) is 0 Å². The monoisotopic (exact) mass is 341 g/mol. The molecule has 0 aliphatic heterocycles. The van der Waals surface area contributed by atoms with Gasteiger partial charge in [0, 0.05) is 0 Å². The van der Waals surface area contributed by atoms with Crippen molar-refractivity contribution in [3.8, 4) is 0 Å². The number of H-pyrrole nitrogens is 1. The summed E-state index contributed by atoms with van der Waals surface area (Å²) < 4.78 is 27.7. The van der Waals surface area contributed by atoms with E-state index >= 15 is 0 Å². The van der Waals surface area contributed by atoms with Crippen LogP contribution in [0.4, 0.5) is 0 Å². The van der Waals surface area contributed by atoms with Gasteiger partial charge in [0.2, 0.25) is 10.0 Å². The van der Waals surface area contributed by atoms with Crippen LogP contribution < -0.4 is 4.72 Å². The summed E-state index contributed by atoms with van der Waals surface area (Å²) in [5, 5.41) is 0. The predicted molar refractivity (Wildman–Crippen MR) is 93.2 cm³/mol. The summed E-state index contributed by atoms with van der Waals surface area (Å²) in [5.74, 6) is 0.609. The first-order chi connectivity index (χ1) is 11.6. The first-order valence-corrected chi connectivity index (χ1v) is 9.65. The maximum absolute atomic E-state index is 12.6. The highest BCUT2D eigenvalue weighted by atomic mass is 32.2. The van der Waals surface area contributed by atoms with Crippen LogP contribution >= 0.6 is 0 Å². The molecule has 0 bridgehead atoms. The number of benzene rings is 2. The number of imidazole rings is 1. The minimum absolute atomic E-state index is 0.147. The second kappa shape index (κ2) is 6.03. The fourth-order valence-electron chi connectivity index (χ4n) is 3.21. The Morgan fingerprint density at radius 1 is 1.04 bits per heavy atom. The number of para-hydroxylation sites is 2. The van der Waals surface area contributed by atoms with E-state index in [9.17, 15) is 8.42 Å². The summed E-state index contributed by atoms with van der Waals surface area (Å²) in [6.45, 7) is 0.147. The predicted octanol–water partition coefficient (Wildman–Crippen LogP) is 2.92. The molecule has 0 saturated carbocycles. The quantitative estimate of drug-likeness (QED) is 0.766. The van der Waals surface area contributed by atoms with Crippen molar-refractivity contribution in [1.29, 1.82) is 0 Å². The number of rotatable bonds is 4. The molecule has 5 nitrogen and oxygen atoms in total. The second-order valence-electron chi connectivity index (χ2n) is 6.16. The van der Waals surface area contributed by atoms with E-state index in [1.807, 2.05) is 36.4 Å². The molecule has 2 aromatic carbocycles. The molecule has 0 spiro atoms. The Morgan fingerprint density at radius 3 is 2.67 bits per heavy atom. The van der Waals surface area contributed by atoms with Gasteiger partial charge in [0.15, 0.2) is 0 Å². The molecular formula is C18H19N3O2S. The molecule has 124 valence electrons. The zero-order valence-corrected chi connectivity index (χ0v) is 14.1. The smallest absolute Gasteiger partial charge is 0.240 e. The fraction of sp³-hybridized carbons (Fsp3) is 0.278. The Labute approximate surface area is 141 Å². The molecule has 0 radical (unpaired) electrons. The van der Waals surface area contributed by atoms with Crippen molar-refractivity contribution in [2.45, 2.75) is 37.1 Å². The minimum Gasteiger partial charge on any atom is -0.341 e. The van der Waals surface area contributed by atoms with Crippen LogP contribution in [-0.2, 0) is 29.4 Å². The third-order valence-corrected chi connectivity index (χ3v) is 5.90. The third-order valence-electron chi connectivity index (χ3n) is 4.50. The molecular weight excluding hydrogens is 322 g/mol. The summed E-state index contributed by atoms with van der Waals surface area (Å²) in [6.07, 6.45) is 4.32. The van der Waals surface area contributed by atoms with Crippen molar-refractivity contribution in [2.75, 3.05) is 0 Å². The van der Waals surface area contributed by atoms with Crippen LogP contribution in [0.2, 0.25) is 0 Å². The highest BCUT2D eigenvalue weighted by molar-refractivity contribution is 7.89. The van der Waals surface area contributed by atoms with Crippen LogP contribution in [0.3, 0.4) is 0 Å². The van der Waals surface area contributed by atoms with Gasteiger partial charge in [-0.25, -0.2) is 18.1 Å². The van der Waals surface area contributed by atoms with Gasteiger partial charge in [0.1, 0.15) is 5.82 Å². The van der Waals surface area contributed by atoms with Crippen molar-refractivity contribution in [1.82, 2.24) is 14.7 Å². The molecule has 0 atom stereocenters. The van der Waals surface area contributed by atoms with Crippen LogP contribution in [0, 0.1) is 0 Å². The van der Waals surface area contributed by atoms with Gasteiger partial charge in [-0.05, 0) is 61.1 Å². The largest absolute Gasteiger partial charge is 0.341 e. The van der Waals surface area contributed by atoms with Crippen molar-refractivity contribution in [2.24, 2.45) is 0 Å². The number of aromatic amines is 1. The molecule has 0 fully saturated rings. The van der Waals surface area contributed by atoms with Gasteiger partial charge in [0.25, 0.3) is 0 Å². The molecule has 6 heteroatoms. The minimum atomic E-state index is -3.54. The van der Waals surface area contributed by atoms with Crippen molar-refractivity contribution < 1.29 is 8.42 Å². The maximum atomic E-state index is 12.6. The number of sulfonamides is 1.